The summed E-state index contributed by atoms with van der Waals surface area (Å²) in [5, 5.41) is 3.39. The molecule has 0 spiro atoms. The Morgan fingerprint density at radius 3 is 3.13 bits per heavy atom. The summed E-state index contributed by atoms with van der Waals surface area (Å²) >= 11 is 0. The van der Waals surface area contributed by atoms with Crippen molar-refractivity contribution in [2.45, 2.75) is 25.8 Å². The minimum Gasteiger partial charge on any atom is -0.378 e. The molecule has 1 heteroatoms. The Morgan fingerprint density at radius 1 is 1.40 bits per heavy atom. The third-order valence-corrected chi connectivity index (χ3v) is 3.37. The molecule has 0 saturated heterocycles. The van der Waals surface area contributed by atoms with Crippen molar-refractivity contribution in [1.82, 2.24) is 5.32 Å². The lowest BCUT2D eigenvalue weighted by Gasteiger charge is -2.13. The summed E-state index contributed by atoms with van der Waals surface area (Å²) in [6.45, 7) is 6.26. The molecule has 1 aromatic carbocycles. The molecule has 1 aliphatic heterocycles. The van der Waals surface area contributed by atoms with E-state index in [9.17, 15) is 0 Å². The van der Waals surface area contributed by atoms with Gasteiger partial charge in [-0.15, -0.1) is 0 Å². The van der Waals surface area contributed by atoms with E-state index in [0.29, 0.717) is 6.04 Å². The molecule has 0 amide bonds. The zero-order chi connectivity index (χ0) is 10.4. The number of benzene rings is 1. The van der Waals surface area contributed by atoms with Gasteiger partial charge in [-0.2, -0.15) is 0 Å². The first kappa shape index (κ1) is 8.78. The normalized spacial score (nSPS) is 22.2. The number of hydrogen-bond acceptors (Lipinski definition) is 1. The van der Waals surface area contributed by atoms with E-state index in [2.05, 4.69) is 43.1 Å². The lowest BCUT2D eigenvalue weighted by molar-refractivity contribution is 0.736. The fourth-order valence-corrected chi connectivity index (χ4v) is 2.54. The maximum Gasteiger partial charge on any atom is 0.0492 e. The van der Waals surface area contributed by atoms with E-state index in [1.807, 2.05) is 0 Å². The van der Waals surface area contributed by atoms with E-state index in [4.69, 9.17) is 0 Å². The molecule has 0 fully saturated rings. The summed E-state index contributed by atoms with van der Waals surface area (Å²) in [4.78, 5) is 0. The number of hydrogen-bond donors (Lipinski definition) is 1. The molecule has 1 aliphatic carbocycles. The van der Waals surface area contributed by atoms with Gasteiger partial charge in [0, 0.05) is 17.3 Å². The Kier molecular flexibility index (Phi) is 1.75. The first-order valence-electron chi connectivity index (χ1n) is 5.55. The molecule has 0 bridgehead atoms. The monoisotopic (exact) mass is 197 g/mol. The molecule has 1 unspecified atom stereocenters. The molecule has 0 aromatic heterocycles. The van der Waals surface area contributed by atoms with Gasteiger partial charge in [0.25, 0.3) is 0 Å². The van der Waals surface area contributed by atoms with Crippen LogP contribution in [0.4, 0.5) is 0 Å². The van der Waals surface area contributed by atoms with Crippen LogP contribution >= 0.6 is 0 Å². The van der Waals surface area contributed by atoms with Crippen LogP contribution in [0.3, 0.4) is 0 Å². The predicted molar refractivity (Wildman–Crippen MR) is 64.4 cm³/mol. The summed E-state index contributed by atoms with van der Waals surface area (Å²) in [5.74, 6) is 0. The topological polar surface area (TPSA) is 12.0 Å². The molecule has 0 radical (unpaired) electrons. The minimum absolute atomic E-state index is 0.410. The van der Waals surface area contributed by atoms with Crippen LogP contribution in [0.25, 0.3) is 11.8 Å². The van der Waals surface area contributed by atoms with E-state index in [-0.39, 0.29) is 0 Å². The van der Waals surface area contributed by atoms with Crippen molar-refractivity contribution in [3.63, 3.8) is 0 Å². The summed E-state index contributed by atoms with van der Waals surface area (Å²) in [6, 6.07) is 5.04. The molecule has 1 N–H and O–H groups in total. The first-order chi connectivity index (χ1) is 7.25. The van der Waals surface area contributed by atoms with Gasteiger partial charge in [0.15, 0.2) is 0 Å². The lowest BCUT2D eigenvalue weighted by Crippen LogP contribution is -2.05. The van der Waals surface area contributed by atoms with Crippen LogP contribution in [-0.2, 0) is 6.42 Å². The van der Waals surface area contributed by atoms with Crippen LogP contribution in [0, 0.1) is 0 Å². The smallest absolute Gasteiger partial charge is 0.0492 e. The predicted octanol–water partition coefficient (Wildman–Crippen LogP) is 3.28. The molecule has 76 valence electrons. The summed E-state index contributed by atoms with van der Waals surface area (Å²) < 4.78 is 0. The number of nitrogens with one attached hydrogen (secondary N) is 1. The van der Waals surface area contributed by atoms with Gasteiger partial charge in [0.05, 0.1) is 0 Å². The van der Waals surface area contributed by atoms with Crippen molar-refractivity contribution in [2.24, 2.45) is 0 Å². The second kappa shape index (κ2) is 2.99. The maximum absolute atomic E-state index is 4.07. The van der Waals surface area contributed by atoms with Gasteiger partial charge in [-0.1, -0.05) is 18.7 Å². The Labute approximate surface area is 90.5 Å². The van der Waals surface area contributed by atoms with Crippen molar-refractivity contribution in [3.8, 4) is 0 Å². The van der Waals surface area contributed by atoms with E-state index in [0.717, 1.165) is 5.70 Å². The highest BCUT2D eigenvalue weighted by atomic mass is 14.9. The Hall–Kier alpha value is -1.50. The lowest BCUT2D eigenvalue weighted by atomic mass is 9.91. The molecule has 15 heavy (non-hydrogen) atoms. The molecule has 1 heterocycles. The average molecular weight is 197 g/mol. The third kappa shape index (κ3) is 1.23. The standard InChI is InChI=1S/C14H15N/c1-9-13-7-11-5-3-4-6-12(11)8-14(13)10(2)15-9/h4,6-8,10,15H,1,3,5H2,2H3. The number of fused-ring (bicyclic) bond motifs is 2. The van der Waals surface area contributed by atoms with Gasteiger partial charge in [-0.25, -0.2) is 0 Å². The average Bonchev–Trinajstić information content (AvgIpc) is 2.52. The third-order valence-electron chi connectivity index (χ3n) is 3.37. The van der Waals surface area contributed by atoms with Gasteiger partial charge in [-0.3, -0.25) is 0 Å². The van der Waals surface area contributed by atoms with Gasteiger partial charge < -0.3 is 5.32 Å². The molecule has 3 rings (SSSR count). The van der Waals surface area contributed by atoms with Crippen molar-refractivity contribution >= 4 is 11.8 Å². The van der Waals surface area contributed by atoms with Crippen LogP contribution in [0.15, 0.2) is 24.8 Å². The SMILES string of the molecule is C=C1NC(C)c2cc3c(cc21)CCC=C3. The van der Waals surface area contributed by atoms with E-state index in [1.165, 1.54) is 35.1 Å². The summed E-state index contributed by atoms with van der Waals surface area (Å²) in [5.41, 5.74) is 6.65. The zero-order valence-corrected chi connectivity index (χ0v) is 9.01. The van der Waals surface area contributed by atoms with Crippen molar-refractivity contribution < 1.29 is 0 Å². The van der Waals surface area contributed by atoms with Crippen molar-refractivity contribution in [1.29, 1.82) is 0 Å². The second-order valence-corrected chi connectivity index (χ2v) is 4.42. The fourth-order valence-electron chi connectivity index (χ4n) is 2.54. The zero-order valence-electron chi connectivity index (χ0n) is 9.01. The first-order valence-corrected chi connectivity index (χ1v) is 5.55. The van der Waals surface area contributed by atoms with Gasteiger partial charge in [-0.05, 0) is 48.6 Å². The van der Waals surface area contributed by atoms with Crippen LogP contribution in [0.2, 0.25) is 0 Å². The maximum atomic E-state index is 4.07. The molecule has 1 aromatic rings. The van der Waals surface area contributed by atoms with Crippen LogP contribution < -0.4 is 5.32 Å². The molecule has 2 aliphatic rings. The quantitative estimate of drug-likeness (QED) is 0.673. The Balaban J connectivity index is 2.22. The fraction of sp³-hybridized carbons (Fsp3) is 0.286. The van der Waals surface area contributed by atoms with Crippen LogP contribution in [-0.4, -0.2) is 0 Å². The molecular formula is C14H15N. The highest BCUT2D eigenvalue weighted by Crippen LogP contribution is 2.35. The van der Waals surface area contributed by atoms with Gasteiger partial charge >= 0.3 is 0 Å². The van der Waals surface area contributed by atoms with E-state index >= 15 is 0 Å². The molecule has 0 saturated carbocycles. The van der Waals surface area contributed by atoms with Crippen LogP contribution in [0.1, 0.15) is 41.6 Å². The molecule has 1 nitrogen and oxygen atoms in total. The Morgan fingerprint density at radius 2 is 2.27 bits per heavy atom. The highest BCUT2D eigenvalue weighted by Gasteiger charge is 2.22. The summed E-state index contributed by atoms with van der Waals surface area (Å²) in [7, 11) is 0. The largest absolute Gasteiger partial charge is 0.378 e. The van der Waals surface area contributed by atoms with E-state index in [1.54, 1.807) is 0 Å². The Bertz CT molecular complexity index is 468. The van der Waals surface area contributed by atoms with Gasteiger partial charge in [0.1, 0.15) is 0 Å². The summed E-state index contributed by atoms with van der Waals surface area (Å²) in [6.07, 6.45) is 6.84. The van der Waals surface area contributed by atoms with Gasteiger partial charge in [0.2, 0.25) is 0 Å². The molecule has 1 atom stereocenters. The molecular weight excluding hydrogens is 182 g/mol. The van der Waals surface area contributed by atoms with E-state index < -0.39 is 0 Å². The van der Waals surface area contributed by atoms with Crippen molar-refractivity contribution in [2.75, 3.05) is 0 Å². The number of allylic oxidation sites excluding steroid dienone is 1. The second-order valence-electron chi connectivity index (χ2n) is 4.42. The number of aryl methyl sites for hydroxylation is 1. The number of rotatable bonds is 0. The highest BCUT2D eigenvalue weighted by molar-refractivity contribution is 5.74. The van der Waals surface area contributed by atoms with Crippen molar-refractivity contribution in [3.05, 3.63) is 47.0 Å². The minimum atomic E-state index is 0.410. The van der Waals surface area contributed by atoms with Crippen LogP contribution in [0.5, 0.6) is 0 Å².